The molecule has 20 heavy (non-hydrogen) atoms. The third kappa shape index (κ3) is 2.47. The van der Waals surface area contributed by atoms with Gasteiger partial charge in [-0.25, -0.2) is 4.98 Å². The van der Waals surface area contributed by atoms with Gasteiger partial charge in [0.15, 0.2) is 0 Å². The van der Waals surface area contributed by atoms with Gasteiger partial charge in [0.1, 0.15) is 6.54 Å². The molecule has 0 atom stereocenters. The van der Waals surface area contributed by atoms with Gasteiger partial charge in [0.05, 0.1) is 17.2 Å². The van der Waals surface area contributed by atoms with E-state index in [1.165, 1.54) is 10.9 Å². The number of nitrogens with zero attached hydrogens (tertiary/aromatic N) is 3. The fourth-order valence-electron chi connectivity index (χ4n) is 2.17. The number of hydrogen-bond donors (Lipinski definition) is 0. The number of rotatable bonds is 3. The topological polar surface area (TPSA) is 55.2 Å². The SMILES string of the molecule is CN(C(=O)Cn1cnc2cc(Br)ccc2c1=O)C1CC1. The van der Waals surface area contributed by atoms with E-state index in [2.05, 4.69) is 20.9 Å². The van der Waals surface area contributed by atoms with Crippen molar-refractivity contribution in [3.8, 4) is 0 Å². The smallest absolute Gasteiger partial charge is 0.261 e. The zero-order valence-corrected chi connectivity index (χ0v) is 12.6. The fourth-order valence-corrected chi connectivity index (χ4v) is 2.52. The van der Waals surface area contributed by atoms with Gasteiger partial charge in [0.25, 0.3) is 5.56 Å². The summed E-state index contributed by atoms with van der Waals surface area (Å²) >= 11 is 3.35. The van der Waals surface area contributed by atoms with Gasteiger partial charge in [0.2, 0.25) is 5.91 Å². The second-order valence-electron chi connectivity index (χ2n) is 5.07. The molecule has 1 fully saturated rings. The average Bonchev–Trinajstić information content (AvgIpc) is 3.25. The van der Waals surface area contributed by atoms with Crippen LogP contribution in [-0.2, 0) is 11.3 Å². The third-order valence-electron chi connectivity index (χ3n) is 3.58. The summed E-state index contributed by atoms with van der Waals surface area (Å²) < 4.78 is 2.25. The Bertz CT molecular complexity index is 737. The second-order valence-corrected chi connectivity index (χ2v) is 5.99. The lowest BCUT2D eigenvalue weighted by Crippen LogP contribution is -2.35. The van der Waals surface area contributed by atoms with Gasteiger partial charge in [-0.3, -0.25) is 14.2 Å². The highest BCUT2D eigenvalue weighted by atomic mass is 79.9. The molecule has 104 valence electrons. The minimum Gasteiger partial charge on any atom is -0.341 e. The van der Waals surface area contributed by atoms with Crippen LogP contribution < -0.4 is 5.56 Å². The number of carbonyl (C=O) groups excluding carboxylic acids is 1. The van der Waals surface area contributed by atoms with Crippen molar-refractivity contribution in [2.45, 2.75) is 25.4 Å². The standard InChI is InChI=1S/C14H14BrN3O2/c1-17(10-3-4-10)13(19)7-18-8-16-12-6-9(15)2-5-11(12)14(18)20/h2,5-6,8,10H,3-4,7H2,1H3. The Morgan fingerprint density at radius 3 is 2.95 bits per heavy atom. The Kier molecular flexibility index (Phi) is 3.33. The van der Waals surface area contributed by atoms with Gasteiger partial charge in [-0.1, -0.05) is 15.9 Å². The molecule has 3 rings (SSSR count). The quantitative estimate of drug-likeness (QED) is 0.859. The molecule has 1 amide bonds. The molecule has 0 saturated heterocycles. The first kappa shape index (κ1) is 13.3. The summed E-state index contributed by atoms with van der Waals surface area (Å²) in [5.41, 5.74) is 0.448. The van der Waals surface area contributed by atoms with Gasteiger partial charge in [-0.2, -0.15) is 0 Å². The van der Waals surface area contributed by atoms with E-state index in [0.717, 1.165) is 17.3 Å². The molecule has 0 radical (unpaired) electrons. The monoisotopic (exact) mass is 335 g/mol. The summed E-state index contributed by atoms with van der Waals surface area (Å²) in [5.74, 6) is -0.0483. The Labute approximate surface area is 124 Å². The second kappa shape index (κ2) is 5.01. The van der Waals surface area contributed by atoms with Crippen LogP contribution in [0.5, 0.6) is 0 Å². The van der Waals surface area contributed by atoms with Crippen molar-refractivity contribution < 1.29 is 4.79 Å². The van der Waals surface area contributed by atoms with Crippen molar-refractivity contribution in [3.05, 3.63) is 39.4 Å². The molecular formula is C14H14BrN3O2. The van der Waals surface area contributed by atoms with Crippen LogP contribution in [0.15, 0.2) is 33.8 Å². The Morgan fingerprint density at radius 2 is 2.25 bits per heavy atom. The summed E-state index contributed by atoms with van der Waals surface area (Å²) in [6, 6.07) is 5.66. The number of carbonyl (C=O) groups is 1. The molecular weight excluding hydrogens is 322 g/mol. The molecule has 6 heteroatoms. The largest absolute Gasteiger partial charge is 0.341 e. The zero-order chi connectivity index (χ0) is 14.3. The summed E-state index contributed by atoms with van der Waals surface area (Å²) in [7, 11) is 1.79. The summed E-state index contributed by atoms with van der Waals surface area (Å²) in [4.78, 5) is 30.3. The molecule has 1 saturated carbocycles. The van der Waals surface area contributed by atoms with Crippen LogP contribution in [0.1, 0.15) is 12.8 Å². The highest BCUT2D eigenvalue weighted by molar-refractivity contribution is 9.10. The predicted octanol–water partition coefficient (Wildman–Crippen LogP) is 1.78. The first-order valence-electron chi connectivity index (χ1n) is 6.46. The maximum Gasteiger partial charge on any atom is 0.261 e. The van der Waals surface area contributed by atoms with Crippen molar-refractivity contribution in [2.24, 2.45) is 0 Å². The normalized spacial score (nSPS) is 14.5. The van der Waals surface area contributed by atoms with E-state index in [4.69, 9.17) is 0 Å². The first-order valence-corrected chi connectivity index (χ1v) is 7.26. The molecule has 2 aromatic rings. The maximum atomic E-state index is 12.3. The van der Waals surface area contributed by atoms with Gasteiger partial charge in [-0.05, 0) is 31.0 Å². The highest BCUT2D eigenvalue weighted by Gasteiger charge is 2.29. The maximum absolute atomic E-state index is 12.3. The summed E-state index contributed by atoms with van der Waals surface area (Å²) in [5, 5.41) is 0.526. The van der Waals surface area contributed by atoms with E-state index in [1.54, 1.807) is 30.1 Å². The number of likely N-dealkylation sites (N-methyl/N-ethyl adjacent to an activating group) is 1. The van der Waals surface area contributed by atoms with Crippen molar-refractivity contribution in [2.75, 3.05) is 7.05 Å². The fraction of sp³-hybridized carbons (Fsp3) is 0.357. The number of halogens is 1. The lowest BCUT2D eigenvalue weighted by Gasteiger charge is -2.16. The lowest BCUT2D eigenvalue weighted by molar-refractivity contribution is -0.131. The van der Waals surface area contributed by atoms with E-state index in [1.807, 2.05) is 0 Å². The van der Waals surface area contributed by atoms with Gasteiger partial charge >= 0.3 is 0 Å². The van der Waals surface area contributed by atoms with Gasteiger partial charge in [-0.15, -0.1) is 0 Å². The summed E-state index contributed by atoms with van der Waals surface area (Å²) in [6.45, 7) is 0.0465. The van der Waals surface area contributed by atoms with Crippen molar-refractivity contribution in [1.82, 2.24) is 14.5 Å². The van der Waals surface area contributed by atoms with Crippen LogP contribution in [0, 0.1) is 0 Å². The molecule has 1 heterocycles. The van der Waals surface area contributed by atoms with Gasteiger partial charge in [0, 0.05) is 17.6 Å². The molecule has 0 aliphatic heterocycles. The number of amides is 1. The van der Waals surface area contributed by atoms with Crippen molar-refractivity contribution in [3.63, 3.8) is 0 Å². The van der Waals surface area contributed by atoms with E-state index in [0.29, 0.717) is 16.9 Å². The zero-order valence-electron chi connectivity index (χ0n) is 11.0. The molecule has 1 aromatic carbocycles. The number of aromatic nitrogens is 2. The van der Waals surface area contributed by atoms with Crippen molar-refractivity contribution >= 4 is 32.7 Å². The molecule has 0 spiro atoms. The van der Waals surface area contributed by atoms with E-state index >= 15 is 0 Å². The molecule has 1 aliphatic carbocycles. The Morgan fingerprint density at radius 1 is 1.50 bits per heavy atom. The third-order valence-corrected chi connectivity index (χ3v) is 4.07. The van der Waals surface area contributed by atoms with Crippen LogP contribution in [-0.4, -0.2) is 33.4 Å². The predicted molar refractivity (Wildman–Crippen MR) is 79.5 cm³/mol. The first-order chi connectivity index (χ1) is 9.56. The molecule has 1 aliphatic rings. The van der Waals surface area contributed by atoms with Gasteiger partial charge < -0.3 is 4.90 Å². The summed E-state index contributed by atoms with van der Waals surface area (Å²) in [6.07, 6.45) is 3.55. The lowest BCUT2D eigenvalue weighted by atomic mass is 10.2. The van der Waals surface area contributed by atoms with Crippen LogP contribution in [0.2, 0.25) is 0 Å². The molecule has 0 N–H and O–H groups in total. The van der Waals surface area contributed by atoms with E-state index < -0.39 is 0 Å². The number of fused-ring (bicyclic) bond motifs is 1. The van der Waals surface area contributed by atoms with E-state index in [9.17, 15) is 9.59 Å². The van der Waals surface area contributed by atoms with Crippen molar-refractivity contribution in [1.29, 1.82) is 0 Å². The molecule has 0 bridgehead atoms. The van der Waals surface area contributed by atoms with Crippen LogP contribution in [0.25, 0.3) is 10.9 Å². The minimum absolute atomic E-state index is 0.0465. The van der Waals surface area contributed by atoms with Crippen LogP contribution in [0.3, 0.4) is 0 Å². The van der Waals surface area contributed by atoms with Crippen LogP contribution in [0.4, 0.5) is 0 Å². The molecule has 5 nitrogen and oxygen atoms in total. The Hall–Kier alpha value is -1.69. The number of benzene rings is 1. The molecule has 1 aromatic heterocycles. The highest BCUT2D eigenvalue weighted by Crippen LogP contribution is 2.25. The Balaban J connectivity index is 1.92. The molecule has 0 unspecified atom stereocenters. The van der Waals surface area contributed by atoms with E-state index in [-0.39, 0.29) is 18.0 Å². The van der Waals surface area contributed by atoms with Crippen LogP contribution >= 0.6 is 15.9 Å². The number of hydrogen-bond acceptors (Lipinski definition) is 3. The average molecular weight is 336 g/mol. The minimum atomic E-state index is -0.181.